The number of aromatic amines is 1. The van der Waals surface area contributed by atoms with E-state index in [0.29, 0.717) is 0 Å². The Hall–Kier alpha value is -5.86. The van der Waals surface area contributed by atoms with Crippen LogP contribution >= 0.6 is 0 Å². The van der Waals surface area contributed by atoms with Crippen molar-refractivity contribution in [2.45, 2.75) is 0 Å². The van der Waals surface area contributed by atoms with Crippen molar-refractivity contribution >= 4 is 75.9 Å². The topological polar surface area (TPSA) is 20.7 Å². The molecule has 0 fully saturated rings. The van der Waals surface area contributed by atoms with Crippen LogP contribution in [0.2, 0.25) is 0 Å². The lowest BCUT2D eigenvalue weighted by Gasteiger charge is -2.14. The zero-order valence-corrected chi connectivity index (χ0v) is 23.9. The fourth-order valence-electron chi connectivity index (χ4n) is 7.58. The Bertz CT molecular complexity index is 2740. The van der Waals surface area contributed by atoms with Crippen molar-refractivity contribution in [3.05, 3.63) is 152 Å². The van der Waals surface area contributed by atoms with Crippen molar-refractivity contribution in [2.24, 2.45) is 0 Å². The van der Waals surface area contributed by atoms with Crippen molar-refractivity contribution in [1.29, 1.82) is 0 Å². The molecule has 0 unspecified atom stereocenters. The summed E-state index contributed by atoms with van der Waals surface area (Å²) in [5.41, 5.74) is 8.48. The van der Waals surface area contributed by atoms with Gasteiger partial charge in [0.2, 0.25) is 0 Å². The fourth-order valence-corrected chi connectivity index (χ4v) is 7.58. The van der Waals surface area contributed by atoms with Crippen LogP contribution in [0.15, 0.2) is 152 Å². The van der Waals surface area contributed by atoms with Crippen LogP contribution in [0.5, 0.6) is 0 Å². The SMILES string of the molecule is c1ccc(-c2ccc(-n3c4c5ccccc5ccc4c4c5c6ccccc6[nH]c5c5c6ccccc6ccc5c43)cc2)cc1. The van der Waals surface area contributed by atoms with Gasteiger partial charge in [-0.2, -0.15) is 0 Å². The Morgan fingerprint density at radius 1 is 0.364 bits per heavy atom. The molecular formula is C42H26N2. The van der Waals surface area contributed by atoms with E-state index < -0.39 is 0 Å². The van der Waals surface area contributed by atoms with Crippen molar-refractivity contribution in [3.8, 4) is 16.8 Å². The van der Waals surface area contributed by atoms with Gasteiger partial charge in [0.05, 0.1) is 16.6 Å². The number of benzene rings is 8. The highest BCUT2D eigenvalue weighted by molar-refractivity contribution is 6.40. The molecule has 0 spiro atoms. The van der Waals surface area contributed by atoms with Gasteiger partial charge in [0, 0.05) is 48.9 Å². The van der Waals surface area contributed by atoms with Crippen LogP contribution in [0.4, 0.5) is 0 Å². The Morgan fingerprint density at radius 3 is 1.73 bits per heavy atom. The number of fused-ring (bicyclic) bond motifs is 14. The average Bonchev–Trinajstić information content (AvgIpc) is 3.65. The molecule has 0 atom stereocenters. The zero-order chi connectivity index (χ0) is 28.8. The highest BCUT2D eigenvalue weighted by Gasteiger charge is 2.23. The minimum atomic E-state index is 1.16. The number of H-pyrrole nitrogens is 1. The molecule has 0 saturated heterocycles. The number of para-hydroxylation sites is 1. The first kappa shape index (κ1) is 23.7. The first-order valence-corrected chi connectivity index (χ1v) is 15.2. The lowest BCUT2D eigenvalue weighted by atomic mass is 9.95. The summed E-state index contributed by atoms with van der Waals surface area (Å²) in [5.74, 6) is 0. The van der Waals surface area contributed by atoms with Gasteiger partial charge < -0.3 is 9.55 Å². The van der Waals surface area contributed by atoms with Crippen LogP contribution in [0.25, 0.3) is 92.7 Å². The molecule has 0 bridgehead atoms. The second-order valence-corrected chi connectivity index (χ2v) is 11.8. The molecule has 8 aromatic carbocycles. The second-order valence-electron chi connectivity index (χ2n) is 11.8. The van der Waals surface area contributed by atoms with Crippen LogP contribution in [0, 0.1) is 0 Å². The van der Waals surface area contributed by atoms with E-state index in [9.17, 15) is 0 Å². The van der Waals surface area contributed by atoms with Gasteiger partial charge in [0.15, 0.2) is 0 Å². The van der Waals surface area contributed by atoms with Gasteiger partial charge in [0.25, 0.3) is 0 Å². The molecule has 1 N–H and O–H groups in total. The largest absolute Gasteiger partial charge is 0.354 e. The van der Waals surface area contributed by atoms with Crippen LogP contribution in [0.1, 0.15) is 0 Å². The number of nitrogens with zero attached hydrogens (tertiary/aromatic N) is 1. The van der Waals surface area contributed by atoms with Crippen molar-refractivity contribution in [3.63, 3.8) is 0 Å². The van der Waals surface area contributed by atoms with E-state index >= 15 is 0 Å². The quantitative estimate of drug-likeness (QED) is 0.204. The monoisotopic (exact) mass is 558 g/mol. The van der Waals surface area contributed by atoms with Gasteiger partial charge in [-0.1, -0.05) is 133 Å². The molecule has 2 heteroatoms. The van der Waals surface area contributed by atoms with E-state index in [0.717, 1.165) is 11.2 Å². The highest BCUT2D eigenvalue weighted by Crippen LogP contribution is 2.47. The molecule has 2 nitrogen and oxygen atoms in total. The number of nitrogens with one attached hydrogen (secondary N) is 1. The number of aromatic nitrogens is 2. The summed E-state index contributed by atoms with van der Waals surface area (Å²) in [5, 5.41) is 12.7. The third kappa shape index (κ3) is 3.14. The van der Waals surface area contributed by atoms with Gasteiger partial charge in [-0.25, -0.2) is 0 Å². The van der Waals surface area contributed by atoms with E-state index in [1.54, 1.807) is 0 Å². The fraction of sp³-hybridized carbons (Fsp3) is 0. The summed E-state index contributed by atoms with van der Waals surface area (Å²) in [6, 6.07) is 55.3. The Balaban J connectivity index is 1.48. The summed E-state index contributed by atoms with van der Waals surface area (Å²) in [7, 11) is 0. The molecule has 2 aromatic heterocycles. The molecule has 204 valence electrons. The molecule has 0 saturated carbocycles. The summed E-state index contributed by atoms with van der Waals surface area (Å²) in [4.78, 5) is 3.87. The van der Waals surface area contributed by atoms with Crippen molar-refractivity contribution < 1.29 is 0 Å². The van der Waals surface area contributed by atoms with Gasteiger partial charge in [0.1, 0.15) is 0 Å². The predicted molar refractivity (Wildman–Crippen MR) is 188 cm³/mol. The standard InChI is InChI=1S/C42H26N2/c1-2-10-26(11-3-1)27-18-22-30(23-19-27)44-41-32-15-7-5-13-29(32)21-25-35(41)39-38-33-16-8-9-17-36(33)43-40(38)37-31-14-6-4-12-28(31)20-24-34(37)42(39)44/h1-25,43H. The maximum atomic E-state index is 3.87. The van der Waals surface area contributed by atoms with E-state index in [4.69, 9.17) is 0 Å². The van der Waals surface area contributed by atoms with Crippen molar-refractivity contribution in [1.82, 2.24) is 9.55 Å². The minimum Gasteiger partial charge on any atom is -0.354 e. The van der Waals surface area contributed by atoms with Gasteiger partial charge in [-0.3, -0.25) is 0 Å². The Kier molecular flexibility index (Phi) is 4.75. The lowest BCUT2D eigenvalue weighted by Crippen LogP contribution is -1.96. The summed E-state index contributed by atoms with van der Waals surface area (Å²) < 4.78 is 2.53. The summed E-state index contributed by atoms with van der Waals surface area (Å²) in [6.07, 6.45) is 0. The molecule has 0 amide bonds. The second kappa shape index (κ2) is 8.82. The van der Waals surface area contributed by atoms with Crippen LogP contribution < -0.4 is 0 Å². The Morgan fingerprint density at radius 2 is 0.955 bits per heavy atom. The van der Waals surface area contributed by atoms with E-state index in [1.165, 1.54) is 81.5 Å². The van der Waals surface area contributed by atoms with Crippen molar-refractivity contribution in [2.75, 3.05) is 0 Å². The maximum Gasteiger partial charge on any atom is 0.0627 e. The van der Waals surface area contributed by atoms with Crippen LogP contribution in [0.3, 0.4) is 0 Å². The summed E-state index contributed by atoms with van der Waals surface area (Å²) >= 11 is 0. The third-order valence-corrected chi connectivity index (χ3v) is 9.48. The van der Waals surface area contributed by atoms with E-state index in [1.807, 2.05) is 0 Å². The maximum absolute atomic E-state index is 3.87. The van der Waals surface area contributed by atoms with E-state index in [2.05, 4.69) is 161 Å². The normalized spacial score (nSPS) is 12.1. The van der Waals surface area contributed by atoms with Gasteiger partial charge in [-0.05, 0) is 45.5 Å². The van der Waals surface area contributed by atoms with Gasteiger partial charge >= 0.3 is 0 Å². The molecule has 0 aliphatic heterocycles. The molecule has 0 aliphatic rings. The number of hydrogen-bond donors (Lipinski definition) is 1. The predicted octanol–water partition coefficient (Wildman–Crippen LogP) is 11.5. The smallest absolute Gasteiger partial charge is 0.0627 e. The molecule has 0 radical (unpaired) electrons. The molecule has 44 heavy (non-hydrogen) atoms. The van der Waals surface area contributed by atoms with Crippen LogP contribution in [-0.4, -0.2) is 9.55 Å². The molecule has 10 rings (SSSR count). The highest BCUT2D eigenvalue weighted by atomic mass is 15.0. The third-order valence-electron chi connectivity index (χ3n) is 9.48. The van der Waals surface area contributed by atoms with E-state index in [-0.39, 0.29) is 0 Å². The number of hydrogen-bond acceptors (Lipinski definition) is 0. The molecular weight excluding hydrogens is 532 g/mol. The Labute approximate surface area is 253 Å². The van der Waals surface area contributed by atoms with Gasteiger partial charge in [-0.15, -0.1) is 0 Å². The molecule has 10 aromatic rings. The number of rotatable bonds is 2. The average molecular weight is 559 g/mol. The summed E-state index contributed by atoms with van der Waals surface area (Å²) in [6.45, 7) is 0. The molecule has 2 heterocycles. The zero-order valence-electron chi connectivity index (χ0n) is 23.9. The van der Waals surface area contributed by atoms with Crippen LogP contribution in [-0.2, 0) is 0 Å². The molecule has 0 aliphatic carbocycles. The first-order valence-electron chi connectivity index (χ1n) is 15.2. The minimum absolute atomic E-state index is 1.16. The first-order chi connectivity index (χ1) is 21.8. The lowest BCUT2D eigenvalue weighted by molar-refractivity contribution is 1.19.